The number of hydrogen-bond donors (Lipinski definition) is 2. The first-order valence-electron chi connectivity index (χ1n) is 5.36. The SMILES string of the molecule is O=CNCCCNc1nc(Cl)nc2nccnc12. The van der Waals surface area contributed by atoms with Gasteiger partial charge in [0.1, 0.15) is 0 Å². The van der Waals surface area contributed by atoms with Crippen LogP contribution in [0.3, 0.4) is 0 Å². The van der Waals surface area contributed by atoms with Crippen molar-refractivity contribution in [2.75, 3.05) is 18.4 Å². The Hall–Kier alpha value is -2.02. The zero-order valence-corrected chi connectivity index (χ0v) is 10.2. The molecule has 2 rings (SSSR count). The summed E-state index contributed by atoms with van der Waals surface area (Å²) in [5.74, 6) is 0.546. The molecule has 2 N–H and O–H groups in total. The standard InChI is InChI=1S/C10H11ClN6O/c11-10-16-8(14-3-1-2-12-6-18)7-9(17-10)15-5-4-13-7/h4-6H,1-3H2,(H,12,18)(H,14,15,16,17). The van der Waals surface area contributed by atoms with E-state index in [4.69, 9.17) is 11.6 Å². The molecule has 0 fully saturated rings. The Balaban J connectivity index is 2.09. The number of aromatic nitrogens is 4. The number of anilines is 1. The van der Waals surface area contributed by atoms with Crippen molar-refractivity contribution in [3.63, 3.8) is 0 Å². The summed E-state index contributed by atoms with van der Waals surface area (Å²) in [5, 5.41) is 5.79. The molecule has 2 aromatic rings. The van der Waals surface area contributed by atoms with Crippen LogP contribution in [0.4, 0.5) is 5.82 Å². The van der Waals surface area contributed by atoms with E-state index in [0.29, 0.717) is 36.5 Å². The molecule has 8 heteroatoms. The van der Waals surface area contributed by atoms with Gasteiger partial charge in [0, 0.05) is 25.5 Å². The Morgan fingerprint density at radius 2 is 2.06 bits per heavy atom. The summed E-state index contributed by atoms with van der Waals surface area (Å²) in [6, 6.07) is 0. The van der Waals surface area contributed by atoms with E-state index in [0.717, 1.165) is 6.42 Å². The van der Waals surface area contributed by atoms with Crippen LogP contribution in [0, 0.1) is 0 Å². The third-order valence-corrected chi connectivity index (χ3v) is 2.35. The number of carbonyl (C=O) groups is 1. The van der Waals surface area contributed by atoms with Gasteiger partial charge < -0.3 is 10.6 Å². The Morgan fingerprint density at radius 1 is 1.22 bits per heavy atom. The predicted molar refractivity (Wildman–Crippen MR) is 67.3 cm³/mol. The molecule has 0 aromatic carbocycles. The van der Waals surface area contributed by atoms with E-state index in [1.165, 1.54) is 0 Å². The van der Waals surface area contributed by atoms with Crippen LogP contribution >= 0.6 is 11.6 Å². The van der Waals surface area contributed by atoms with Crippen molar-refractivity contribution < 1.29 is 4.79 Å². The zero-order valence-electron chi connectivity index (χ0n) is 9.43. The molecule has 0 aliphatic carbocycles. The fraction of sp³-hybridized carbons (Fsp3) is 0.300. The van der Waals surface area contributed by atoms with Crippen LogP contribution in [0.1, 0.15) is 6.42 Å². The van der Waals surface area contributed by atoms with Gasteiger partial charge in [0.05, 0.1) is 0 Å². The third-order valence-electron chi connectivity index (χ3n) is 2.18. The topological polar surface area (TPSA) is 92.7 Å². The first-order chi connectivity index (χ1) is 8.81. The highest BCUT2D eigenvalue weighted by atomic mass is 35.5. The fourth-order valence-corrected chi connectivity index (χ4v) is 1.58. The summed E-state index contributed by atoms with van der Waals surface area (Å²) < 4.78 is 0. The second kappa shape index (κ2) is 6.06. The zero-order chi connectivity index (χ0) is 12.8. The minimum Gasteiger partial charge on any atom is -0.368 e. The molecule has 0 unspecified atom stereocenters. The summed E-state index contributed by atoms with van der Waals surface area (Å²) in [4.78, 5) is 26.3. The molecule has 0 atom stereocenters. The van der Waals surface area contributed by atoms with E-state index >= 15 is 0 Å². The highest BCUT2D eigenvalue weighted by Gasteiger charge is 2.07. The van der Waals surface area contributed by atoms with Gasteiger partial charge in [-0.3, -0.25) is 4.79 Å². The molecular weight excluding hydrogens is 256 g/mol. The molecule has 0 aliphatic heterocycles. The summed E-state index contributed by atoms with van der Waals surface area (Å²) in [5.41, 5.74) is 1.02. The normalized spacial score (nSPS) is 10.3. The Labute approximate surface area is 108 Å². The molecule has 2 aromatic heterocycles. The van der Waals surface area contributed by atoms with Crippen LogP contribution in [0.5, 0.6) is 0 Å². The molecular formula is C10H11ClN6O. The van der Waals surface area contributed by atoms with Gasteiger partial charge in [-0.15, -0.1) is 0 Å². The van der Waals surface area contributed by atoms with Gasteiger partial charge in [-0.05, 0) is 18.0 Å². The number of amides is 1. The van der Waals surface area contributed by atoms with Crippen molar-refractivity contribution in [2.24, 2.45) is 0 Å². The smallest absolute Gasteiger partial charge is 0.226 e. The van der Waals surface area contributed by atoms with Crippen LogP contribution in [0.15, 0.2) is 12.4 Å². The number of fused-ring (bicyclic) bond motifs is 1. The van der Waals surface area contributed by atoms with E-state index in [1.807, 2.05) is 0 Å². The minimum absolute atomic E-state index is 0.122. The maximum atomic E-state index is 10.1. The summed E-state index contributed by atoms with van der Waals surface area (Å²) in [6.07, 6.45) is 4.55. The van der Waals surface area contributed by atoms with Crippen molar-refractivity contribution in [3.8, 4) is 0 Å². The van der Waals surface area contributed by atoms with Gasteiger partial charge in [-0.25, -0.2) is 9.97 Å². The molecule has 0 saturated heterocycles. The molecule has 1 amide bonds. The number of carbonyl (C=O) groups excluding carboxylic acids is 1. The summed E-state index contributed by atoms with van der Waals surface area (Å²) in [7, 11) is 0. The minimum atomic E-state index is 0.122. The number of rotatable bonds is 6. The highest BCUT2D eigenvalue weighted by molar-refractivity contribution is 6.28. The van der Waals surface area contributed by atoms with E-state index in [1.54, 1.807) is 12.4 Å². The lowest BCUT2D eigenvalue weighted by atomic mass is 10.4. The van der Waals surface area contributed by atoms with Gasteiger partial charge in [0.2, 0.25) is 11.7 Å². The average molecular weight is 267 g/mol. The Morgan fingerprint density at radius 3 is 2.89 bits per heavy atom. The van der Waals surface area contributed by atoms with Gasteiger partial charge in [0.15, 0.2) is 17.0 Å². The Kier molecular flexibility index (Phi) is 4.19. The largest absolute Gasteiger partial charge is 0.368 e. The van der Waals surface area contributed by atoms with Gasteiger partial charge in [0.25, 0.3) is 0 Å². The molecule has 18 heavy (non-hydrogen) atoms. The van der Waals surface area contributed by atoms with Crippen LogP contribution in [-0.2, 0) is 4.79 Å². The molecule has 94 valence electrons. The molecule has 0 aliphatic rings. The summed E-state index contributed by atoms with van der Waals surface area (Å²) in [6.45, 7) is 1.23. The van der Waals surface area contributed by atoms with Crippen molar-refractivity contribution in [3.05, 3.63) is 17.7 Å². The van der Waals surface area contributed by atoms with Crippen LogP contribution in [-0.4, -0.2) is 39.4 Å². The predicted octanol–water partition coefficient (Wildman–Crippen LogP) is 0.621. The first kappa shape index (κ1) is 12.4. The van der Waals surface area contributed by atoms with E-state index < -0.39 is 0 Å². The van der Waals surface area contributed by atoms with Gasteiger partial charge >= 0.3 is 0 Å². The quantitative estimate of drug-likeness (QED) is 0.452. The van der Waals surface area contributed by atoms with Crippen LogP contribution < -0.4 is 10.6 Å². The molecule has 0 radical (unpaired) electrons. The second-order valence-electron chi connectivity index (χ2n) is 3.42. The molecule has 2 heterocycles. The van der Waals surface area contributed by atoms with Crippen molar-refractivity contribution in [1.29, 1.82) is 0 Å². The maximum absolute atomic E-state index is 10.1. The van der Waals surface area contributed by atoms with Crippen molar-refractivity contribution in [1.82, 2.24) is 25.3 Å². The van der Waals surface area contributed by atoms with Gasteiger partial charge in [-0.1, -0.05) is 0 Å². The van der Waals surface area contributed by atoms with Crippen LogP contribution in [0.25, 0.3) is 11.2 Å². The number of nitrogens with zero attached hydrogens (tertiary/aromatic N) is 4. The molecule has 0 spiro atoms. The fourth-order valence-electron chi connectivity index (χ4n) is 1.42. The van der Waals surface area contributed by atoms with E-state index in [-0.39, 0.29) is 5.28 Å². The van der Waals surface area contributed by atoms with Crippen molar-refractivity contribution in [2.45, 2.75) is 6.42 Å². The third kappa shape index (κ3) is 3.01. The lowest BCUT2D eigenvalue weighted by Crippen LogP contribution is -2.16. The number of nitrogens with one attached hydrogen (secondary N) is 2. The summed E-state index contributed by atoms with van der Waals surface area (Å²) >= 11 is 5.80. The average Bonchev–Trinajstić information content (AvgIpc) is 2.38. The monoisotopic (exact) mass is 266 g/mol. The molecule has 0 saturated carbocycles. The first-order valence-corrected chi connectivity index (χ1v) is 5.74. The number of hydrogen-bond acceptors (Lipinski definition) is 6. The molecule has 0 bridgehead atoms. The maximum Gasteiger partial charge on any atom is 0.226 e. The lowest BCUT2D eigenvalue weighted by molar-refractivity contribution is -0.109. The Bertz CT molecular complexity index is 549. The second-order valence-corrected chi connectivity index (χ2v) is 3.76. The van der Waals surface area contributed by atoms with E-state index in [2.05, 4.69) is 30.6 Å². The lowest BCUT2D eigenvalue weighted by Gasteiger charge is -2.07. The number of halogens is 1. The molecule has 7 nitrogen and oxygen atoms in total. The van der Waals surface area contributed by atoms with E-state index in [9.17, 15) is 4.79 Å². The van der Waals surface area contributed by atoms with Crippen LogP contribution in [0.2, 0.25) is 5.28 Å². The highest BCUT2D eigenvalue weighted by Crippen LogP contribution is 2.17. The van der Waals surface area contributed by atoms with Crippen molar-refractivity contribution >= 4 is 35.0 Å². The van der Waals surface area contributed by atoms with Gasteiger partial charge in [-0.2, -0.15) is 9.97 Å².